The lowest BCUT2D eigenvalue weighted by Gasteiger charge is -2.44. The van der Waals surface area contributed by atoms with E-state index in [2.05, 4.69) is 10.3 Å². The molecule has 0 radical (unpaired) electrons. The van der Waals surface area contributed by atoms with E-state index in [1.165, 1.54) is 22.7 Å². The Kier molecular flexibility index (Phi) is 9.72. The molecule has 2 aliphatic heterocycles. The van der Waals surface area contributed by atoms with E-state index in [0.29, 0.717) is 12.1 Å². The van der Waals surface area contributed by atoms with Crippen molar-refractivity contribution in [3.63, 3.8) is 0 Å². The molecule has 0 aliphatic carbocycles. The van der Waals surface area contributed by atoms with Gasteiger partial charge in [0.1, 0.15) is 25.0 Å². The van der Waals surface area contributed by atoms with Gasteiger partial charge in [-0.2, -0.15) is 0 Å². The normalized spacial score (nSPS) is 25.3. The molecule has 226 valence electrons. The number of hydrogen-bond acceptors (Lipinski definition) is 13. The van der Waals surface area contributed by atoms with E-state index in [1.54, 1.807) is 0 Å². The van der Waals surface area contributed by atoms with E-state index in [9.17, 15) is 24.0 Å². The number of cyclic esters (lactones) is 1. The fourth-order valence-corrected chi connectivity index (χ4v) is 4.84. The Morgan fingerprint density at radius 3 is 2.19 bits per heavy atom. The molecule has 3 heterocycles. The fraction of sp³-hybridized carbons (Fsp3) is 0.519. The molecule has 2 aliphatic rings. The van der Waals surface area contributed by atoms with Crippen LogP contribution in [0.1, 0.15) is 45.2 Å². The summed E-state index contributed by atoms with van der Waals surface area (Å²) >= 11 is 0. The zero-order valence-electron chi connectivity index (χ0n) is 23.5. The Bertz CT molecular complexity index is 1300. The van der Waals surface area contributed by atoms with Crippen molar-refractivity contribution in [3.8, 4) is 0 Å². The Morgan fingerprint density at radius 2 is 1.55 bits per heavy atom. The molecule has 2 fully saturated rings. The number of carbonyl (C=O) groups is 5. The molecule has 42 heavy (non-hydrogen) atoms. The Morgan fingerprint density at radius 1 is 0.905 bits per heavy atom. The number of benzene rings is 1. The third-order valence-corrected chi connectivity index (χ3v) is 6.51. The topological polar surface area (TPSA) is 175 Å². The number of rotatable bonds is 10. The number of aromatic nitrogens is 3. The van der Waals surface area contributed by atoms with Gasteiger partial charge in [-0.25, -0.2) is 9.48 Å². The molecule has 6 atom stereocenters. The largest absolute Gasteiger partial charge is 0.463 e. The van der Waals surface area contributed by atoms with Crippen LogP contribution in [0.2, 0.25) is 0 Å². The molecule has 2 aromatic rings. The van der Waals surface area contributed by atoms with Crippen molar-refractivity contribution in [3.05, 3.63) is 47.8 Å². The number of hydrogen-bond donors (Lipinski definition) is 0. The van der Waals surface area contributed by atoms with E-state index in [0.717, 1.165) is 26.3 Å². The number of carbonyl (C=O) groups excluding carboxylic acids is 5. The minimum atomic E-state index is -1.36. The predicted octanol–water partition coefficient (Wildman–Crippen LogP) is 1.10. The van der Waals surface area contributed by atoms with Crippen LogP contribution in [0.3, 0.4) is 0 Å². The summed E-state index contributed by atoms with van der Waals surface area (Å²) in [6.07, 6.45) is -4.85. The van der Waals surface area contributed by atoms with Crippen molar-refractivity contribution in [2.24, 2.45) is 0 Å². The lowest BCUT2D eigenvalue weighted by Crippen LogP contribution is -2.60. The van der Waals surface area contributed by atoms with Crippen molar-refractivity contribution in [1.29, 1.82) is 0 Å². The summed E-state index contributed by atoms with van der Waals surface area (Å²) in [7, 11) is 0. The van der Waals surface area contributed by atoms with Crippen LogP contribution in [0.25, 0.3) is 0 Å². The maximum atomic E-state index is 12.5. The molecule has 1 aromatic heterocycles. The maximum Gasteiger partial charge on any atom is 0.410 e. The SMILES string of the molecule is CC(=O)OC[C@H]1O[C@H](n2cc(CN3C(=O)OC[C@H]3Cc3ccccc3)nn2)[C@@H](OC(C)=O)[C@@H](OC(C)=O)[C@@H]1OC(C)=O. The first-order valence-corrected chi connectivity index (χ1v) is 13.2. The van der Waals surface area contributed by atoms with Gasteiger partial charge in [-0.05, 0) is 12.0 Å². The third-order valence-electron chi connectivity index (χ3n) is 6.51. The van der Waals surface area contributed by atoms with Crippen molar-refractivity contribution in [1.82, 2.24) is 19.9 Å². The van der Waals surface area contributed by atoms with Gasteiger partial charge in [0.2, 0.25) is 0 Å². The average molecular weight is 589 g/mol. The minimum Gasteiger partial charge on any atom is -0.463 e. The summed E-state index contributed by atoms with van der Waals surface area (Å²) < 4.78 is 34.1. The molecule has 1 amide bonds. The number of ether oxygens (including phenoxy) is 6. The highest BCUT2D eigenvalue weighted by Gasteiger charge is 2.53. The van der Waals surface area contributed by atoms with Gasteiger partial charge in [-0.1, -0.05) is 35.5 Å². The highest BCUT2D eigenvalue weighted by molar-refractivity contribution is 5.70. The molecule has 2 saturated heterocycles. The summed E-state index contributed by atoms with van der Waals surface area (Å²) in [4.78, 5) is 61.7. The zero-order chi connectivity index (χ0) is 30.4. The summed E-state index contributed by atoms with van der Waals surface area (Å²) in [5.41, 5.74) is 1.40. The number of esters is 4. The summed E-state index contributed by atoms with van der Waals surface area (Å²) in [6, 6.07) is 9.41. The first-order chi connectivity index (χ1) is 20.0. The second-order valence-corrected chi connectivity index (χ2v) is 9.83. The quantitative estimate of drug-likeness (QED) is 0.285. The second-order valence-electron chi connectivity index (χ2n) is 9.83. The van der Waals surface area contributed by atoms with Gasteiger partial charge >= 0.3 is 30.0 Å². The molecular formula is C27H32N4O11. The lowest BCUT2D eigenvalue weighted by atomic mass is 9.97. The highest BCUT2D eigenvalue weighted by atomic mass is 16.7. The number of nitrogens with zero attached hydrogens (tertiary/aromatic N) is 4. The summed E-state index contributed by atoms with van der Waals surface area (Å²) in [5, 5.41) is 8.28. The first-order valence-electron chi connectivity index (χ1n) is 13.2. The predicted molar refractivity (Wildman–Crippen MR) is 138 cm³/mol. The van der Waals surface area contributed by atoms with Gasteiger partial charge in [0, 0.05) is 27.7 Å². The van der Waals surface area contributed by atoms with E-state index in [-0.39, 0.29) is 25.8 Å². The van der Waals surface area contributed by atoms with Gasteiger partial charge in [0.05, 0.1) is 18.8 Å². The van der Waals surface area contributed by atoms with Gasteiger partial charge in [0.15, 0.2) is 24.5 Å². The second kappa shape index (κ2) is 13.4. The zero-order valence-corrected chi connectivity index (χ0v) is 23.5. The average Bonchev–Trinajstić information content (AvgIpc) is 3.52. The fourth-order valence-electron chi connectivity index (χ4n) is 4.84. The molecule has 0 saturated carbocycles. The van der Waals surface area contributed by atoms with Crippen LogP contribution < -0.4 is 0 Å². The van der Waals surface area contributed by atoms with Gasteiger partial charge in [-0.3, -0.25) is 24.1 Å². The Labute approximate surface area is 240 Å². The molecule has 0 bridgehead atoms. The van der Waals surface area contributed by atoms with Crippen LogP contribution in [0, 0.1) is 0 Å². The lowest BCUT2D eigenvalue weighted by molar-refractivity contribution is -0.270. The third kappa shape index (κ3) is 7.60. The van der Waals surface area contributed by atoms with Gasteiger partial charge in [-0.15, -0.1) is 5.10 Å². The Balaban J connectivity index is 1.61. The van der Waals surface area contributed by atoms with Crippen molar-refractivity contribution < 1.29 is 52.4 Å². The summed E-state index contributed by atoms with van der Waals surface area (Å²) in [5.74, 6) is -2.86. The minimum absolute atomic E-state index is 0.0572. The Hall–Kier alpha value is -4.53. The highest BCUT2D eigenvalue weighted by Crippen LogP contribution is 2.34. The van der Waals surface area contributed by atoms with Crippen LogP contribution >= 0.6 is 0 Å². The van der Waals surface area contributed by atoms with E-state index in [1.807, 2.05) is 30.3 Å². The maximum absolute atomic E-state index is 12.5. The standard InChI is InChI=1S/C27H32N4O11/c1-15(32)37-14-22-23(39-16(2)33)24(40-17(3)34)25(41-18(4)35)26(42-22)31-12-20(28-29-31)11-30-21(13-38-27(30)36)10-19-8-6-5-7-9-19/h5-9,12,21-26H,10-11,13-14H2,1-4H3/t21-,22-,23-,24+,25+,26+/m1/s1. The van der Waals surface area contributed by atoms with Crippen LogP contribution in [0.4, 0.5) is 4.79 Å². The van der Waals surface area contributed by atoms with Crippen LogP contribution in [-0.2, 0) is 60.6 Å². The molecule has 0 N–H and O–H groups in total. The number of amides is 1. The van der Waals surface area contributed by atoms with Crippen molar-refractivity contribution >= 4 is 30.0 Å². The van der Waals surface area contributed by atoms with Gasteiger partial charge in [0.25, 0.3) is 0 Å². The smallest absolute Gasteiger partial charge is 0.410 e. The molecular weight excluding hydrogens is 556 g/mol. The molecule has 0 unspecified atom stereocenters. The van der Waals surface area contributed by atoms with Crippen molar-refractivity contribution in [2.75, 3.05) is 13.2 Å². The molecule has 15 heteroatoms. The van der Waals surface area contributed by atoms with Crippen LogP contribution in [0.5, 0.6) is 0 Å². The van der Waals surface area contributed by atoms with Crippen LogP contribution in [0.15, 0.2) is 36.5 Å². The molecule has 1 aromatic carbocycles. The van der Waals surface area contributed by atoms with Gasteiger partial charge < -0.3 is 28.4 Å². The molecule has 15 nitrogen and oxygen atoms in total. The first kappa shape index (κ1) is 30.4. The van der Waals surface area contributed by atoms with E-state index < -0.39 is 60.6 Å². The van der Waals surface area contributed by atoms with Crippen molar-refractivity contribution in [2.45, 2.75) is 77.3 Å². The molecule has 4 rings (SSSR count). The summed E-state index contributed by atoms with van der Waals surface area (Å²) in [6.45, 7) is 4.49. The van der Waals surface area contributed by atoms with E-state index in [4.69, 9.17) is 28.4 Å². The van der Waals surface area contributed by atoms with Crippen LogP contribution in [-0.4, -0.2) is 93.5 Å². The van der Waals surface area contributed by atoms with E-state index >= 15 is 0 Å². The molecule has 0 spiro atoms. The monoisotopic (exact) mass is 588 g/mol.